The number of rotatable bonds is 12. The molecule has 7 nitrogen and oxygen atoms in total. The van der Waals surface area contributed by atoms with Crippen LogP contribution in [0.15, 0.2) is 65.1 Å². The van der Waals surface area contributed by atoms with Crippen LogP contribution in [0.5, 0.6) is 11.5 Å². The third kappa shape index (κ3) is 8.88. The zero-order chi connectivity index (χ0) is 30.3. The highest BCUT2D eigenvalue weighted by Crippen LogP contribution is 2.33. The predicted molar refractivity (Wildman–Crippen MR) is 155 cm³/mol. The van der Waals surface area contributed by atoms with Crippen LogP contribution in [0.25, 0.3) is 0 Å². The molecule has 0 saturated heterocycles. The first kappa shape index (κ1) is 31.8. The van der Waals surface area contributed by atoms with Crippen LogP contribution in [0.1, 0.15) is 38.0 Å². The molecule has 3 aromatic carbocycles. The molecular weight excluding hydrogens is 605 g/mol. The molecule has 220 valence electrons. The summed E-state index contributed by atoms with van der Waals surface area (Å²) in [5.41, 5.74) is 2.80. The lowest BCUT2D eigenvalue weighted by molar-refractivity contribution is -0.153. The quantitative estimate of drug-likeness (QED) is 0.162. The van der Waals surface area contributed by atoms with Gasteiger partial charge in [0.2, 0.25) is 6.41 Å². The number of nitrogens with one attached hydrogen (secondary N) is 1. The van der Waals surface area contributed by atoms with Gasteiger partial charge in [0.25, 0.3) is 0 Å². The highest BCUT2D eigenvalue weighted by Gasteiger charge is 2.29. The third-order valence-corrected chi connectivity index (χ3v) is 6.74. The van der Waals surface area contributed by atoms with Gasteiger partial charge in [-0.25, -0.2) is 4.79 Å². The van der Waals surface area contributed by atoms with E-state index in [1.165, 1.54) is 18.1 Å². The van der Waals surface area contributed by atoms with Crippen LogP contribution in [0.3, 0.4) is 0 Å². The van der Waals surface area contributed by atoms with Gasteiger partial charge in [-0.3, -0.25) is 9.69 Å². The van der Waals surface area contributed by atoms with E-state index in [1.807, 2.05) is 26.0 Å². The van der Waals surface area contributed by atoms with E-state index in [1.54, 1.807) is 56.3 Å². The molecule has 0 bridgehead atoms. The van der Waals surface area contributed by atoms with Crippen LogP contribution < -0.4 is 19.7 Å². The molecule has 0 aliphatic heterocycles. The van der Waals surface area contributed by atoms with E-state index in [0.717, 1.165) is 4.47 Å². The van der Waals surface area contributed by atoms with Crippen molar-refractivity contribution in [1.29, 1.82) is 0 Å². The van der Waals surface area contributed by atoms with Crippen molar-refractivity contribution in [2.24, 2.45) is 5.92 Å². The minimum absolute atomic E-state index is 0.103. The van der Waals surface area contributed by atoms with Crippen molar-refractivity contribution in [3.63, 3.8) is 0 Å². The van der Waals surface area contributed by atoms with Crippen LogP contribution in [-0.4, -0.2) is 38.3 Å². The molecular formula is C30H32BrF3N2O5. The molecule has 41 heavy (non-hydrogen) atoms. The second-order valence-electron chi connectivity index (χ2n) is 9.75. The summed E-state index contributed by atoms with van der Waals surface area (Å²) in [6.07, 6.45) is -4.45. The molecule has 3 rings (SSSR count). The Labute approximate surface area is 245 Å². The standard InChI is InChI=1S/C30H32BrF3N2O5/c1-18(2)28(35-23-8-11-27(19(3)12-23)40-16-30(32,33)34)29(38)41-20(4)21-13-25(15-26(14-21)39-5)36(17-37)24-9-6-22(31)7-10-24/h6-15,17-18,20,28,35H,16H2,1-5H3. The number of benzene rings is 3. The molecule has 0 fully saturated rings. The number of methoxy groups -OCH3 is 1. The maximum absolute atomic E-state index is 13.3. The van der Waals surface area contributed by atoms with Gasteiger partial charge in [-0.05, 0) is 85.5 Å². The zero-order valence-corrected chi connectivity index (χ0v) is 24.9. The van der Waals surface area contributed by atoms with Crippen LogP contribution in [0.2, 0.25) is 0 Å². The van der Waals surface area contributed by atoms with Gasteiger partial charge in [0.05, 0.1) is 12.8 Å². The minimum atomic E-state index is -4.44. The predicted octanol–water partition coefficient (Wildman–Crippen LogP) is 7.74. The Morgan fingerprint density at radius 2 is 1.71 bits per heavy atom. The molecule has 2 unspecified atom stereocenters. The summed E-state index contributed by atoms with van der Waals surface area (Å²) >= 11 is 3.39. The van der Waals surface area contributed by atoms with E-state index >= 15 is 0 Å². The lowest BCUT2D eigenvalue weighted by Gasteiger charge is -2.25. The first-order valence-electron chi connectivity index (χ1n) is 12.8. The van der Waals surface area contributed by atoms with Gasteiger partial charge >= 0.3 is 12.1 Å². The second kappa shape index (κ2) is 13.8. The smallest absolute Gasteiger partial charge is 0.422 e. The molecule has 0 aromatic heterocycles. The number of esters is 1. The lowest BCUT2D eigenvalue weighted by Crippen LogP contribution is -2.36. The number of nitrogens with zero attached hydrogens (tertiary/aromatic N) is 1. The number of aryl methyl sites for hydroxylation is 1. The van der Waals surface area contributed by atoms with Gasteiger partial charge in [0.15, 0.2) is 6.61 Å². The second-order valence-corrected chi connectivity index (χ2v) is 10.7. The average Bonchev–Trinajstić information content (AvgIpc) is 2.91. The van der Waals surface area contributed by atoms with Gasteiger partial charge in [-0.15, -0.1) is 0 Å². The first-order valence-corrected chi connectivity index (χ1v) is 13.6. The number of hydrogen-bond donors (Lipinski definition) is 1. The van der Waals surface area contributed by atoms with E-state index in [9.17, 15) is 22.8 Å². The summed E-state index contributed by atoms with van der Waals surface area (Å²) in [6, 6.07) is 16.2. The summed E-state index contributed by atoms with van der Waals surface area (Å²) in [5.74, 6) is -0.121. The summed E-state index contributed by atoms with van der Waals surface area (Å²) in [5, 5.41) is 3.13. The van der Waals surface area contributed by atoms with Gasteiger partial charge < -0.3 is 19.5 Å². The largest absolute Gasteiger partial charge is 0.497 e. The Bertz CT molecular complexity index is 1350. The summed E-state index contributed by atoms with van der Waals surface area (Å²) < 4.78 is 54.6. The lowest BCUT2D eigenvalue weighted by atomic mass is 10.0. The molecule has 1 amide bonds. The number of carbonyl (C=O) groups excluding carboxylic acids is 2. The van der Waals surface area contributed by atoms with Crippen LogP contribution in [-0.2, 0) is 14.3 Å². The van der Waals surface area contributed by atoms with Crippen molar-refractivity contribution >= 4 is 45.4 Å². The molecule has 2 atom stereocenters. The molecule has 0 aliphatic carbocycles. The summed E-state index contributed by atoms with van der Waals surface area (Å²) in [7, 11) is 1.50. The van der Waals surface area contributed by atoms with E-state index in [4.69, 9.17) is 14.2 Å². The molecule has 0 radical (unpaired) electrons. The van der Waals surface area contributed by atoms with Crippen LogP contribution in [0.4, 0.5) is 30.2 Å². The summed E-state index contributed by atoms with van der Waals surface area (Å²) in [4.78, 5) is 26.8. The molecule has 0 spiro atoms. The number of halogens is 4. The molecule has 0 aliphatic rings. The van der Waals surface area contributed by atoms with E-state index in [0.29, 0.717) is 40.3 Å². The fourth-order valence-electron chi connectivity index (χ4n) is 4.02. The Hall–Kier alpha value is -3.73. The molecule has 11 heteroatoms. The van der Waals surface area contributed by atoms with Crippen molar-refractivity contribution < 1.29 is 37.0 Å². The molecule has 0 saturated carbocycles. The third-order valence-electron chi connectivity index (χ3n) is 6.21. The molecule has 0 heterocycles. The van der Waals surface area contributed by atoms with Crippen molar-refractivity contribution in [1.82, 2.24) is 0 Å². The van der Waals surface area contributed by atoms with E-state index in [2.05, 4.69) is 21.2 Å². The fourth-order valence-corrected chi connectivity index (χ4v) is 4.29. The number of anilines is 3. The Morgan fingerprint density at radius 3 is 2.27 bits per heavy atom. The number of amides is 1. The Kier molecular flexibility index (Phi) is 10.7. The monoisotopic (exact) mass is 636 g/mol. The first-order chi connectivity index (χ1) is 19.3. The molecule has 3 aromatic rings. The van der Waals surface area contributed by atoms with Crippen LogP contribution >= 0.6 is 15.9 Å². The van der Waals surface area contributed by atoms with Crippen LogP contribution in [0, 0.1) is 12.8 Å². The number of carbonyl (C=O) groups is 2. The van der Waals surface area contributed by atoms with Gasteiger partial charge in [0.1, 0.15) is 23.6 Å². The van der Waals surface area contributed by atoms with E-state index in [-0.39, 0.29) is 11.7 Å². The van der Waals surface area contributed by atoms with Gasteiger partial charge in [0, 0.05) is 21.9 Å². The summed E-state index contributed by atoms with van der Waals surface area (Å²) in [6.45, 7) is 5.65. The zero-order valence-electron chi connectivity index (χ0n) is 23.3. The van der Waals surface area contributed by atoms with Gasteiger partial charge in [-0.1, -0.05) is 29.8 Å². The Morgan fingerprint density at radius 1 is 1.02 bits per heavy atom. The van der Waals surface area contributed by atoms with E-state index < -0.39 is 30.9 Å². The highest BCUT2D eigenvalue weighted by molar-refractivity contribution is 9.10. The SMILES string of the molecule is COc1cc(C(C)OC(=O)C(Nc2ccc(OCC(F)(F)F)c(C)c2)C(C)C)cc(N(C=O)c2ccc(Br)cc2)c1. The molecule has 1 N–H and O–H groups in total. The minimum Gasteiger partial charge on any atom is -0.497 e. The van der Waals surface area contributed by atoms with Crippen molar-refractivity contribution in [2.75, 3.05) is 23.9 Å². The number of alkyl halides is 3. The van der Waals surface area contributed by atoms with Crippen molar-refractivity contribution in [2.45, 2.75) is 46.0 Å². The normalized spacial score (nSPS) is 12.8. The topological polar surface area (TPSA) is 77.1 Å². The number of hydrogen-bond acceptors (Lipinski definition) is 6. The van der Waals surface area contributed by atoms with Crippen molar-refractivity contribution in [3.05, 3.63) is 76.3 Å². The maximum Gasteiger partial charge on any atom is 0.422 e. The number of ether oxygens (including phenoxy) is 3. The Balaban J connectivity index is 1.78. The van der Waals surface area contributed by atoms with Crippen molar-refractivity contribution in [3.8, 4) is 11.5 Å². The van der Waals surface area contributed by atoms with Gasteiger partial charge in [-0.2, -0.15) is 13.2 Å². The maximum atomic E-state index is 13.3. The average molecular weight is 637 g/mol. The highest BCUT2D eigenvalue weighted by atomic mass is 79.9. The fraction of sp³-hybridized carbons (Fsp3) is 0.333.